The molecule has 0 bridgehead atoms. The van der Waals surface area contributed by atoms with Gasteiger partial charge in [0.25, 0.3) is 0 Å². The second kappa shape index (κ2) is 7.44. The lowest BCUT2D eigenvalue weighted by atomic mass is 10.1. The van der Waals surface area contributed by atoms with Crippen LogP contribution in [0.4, 0.5) is 0 Å². The number of H-pyrrole nitrogens is 1. The van der Waals surface area contributed by atoms with E-state index in [0.29, 0.717) is 18.4 Å². The molecule has 4 rings (SSSR count). The summed E-state index contributed by atoms with van der Waals surface area (Å²) >= 11 is 1.55. The van der Waals surface area contributed by atoms with Crippen molar-refractivity contribution >= 4 is 22.8 Å². The number of imidazole rings is 1. The van der Waals surface area contributed by atoms with Crippen LogP contribution in [0.15, 0.2) is 52.0 Å². The third-order valence-corrected chi connectivity index (χ3v) is 5.09. The lowest BCUT2D eigenvalue weighted by Crippen LogP contribution is -1.90. The molecular weight excluding hydrogens is 360 g/mol. The van der Waals surface area contributed by atoms with Crippen molar-refractivity contribution < 1.29 is 9.15 Å². The monoisotopic (exact) mass is 380 g/mol. The van der Waals surface area contributed by atoms with Gasteiger partial charge in [-0.2, -0.15) is 0 Å². The number of aromatic nitrogens is 4. The van der Waals surface area contributed by atoms with E-state index in [1.807, 2.05) is 63.2 Å². The molecular formula is C20H20N4O2S. The molecule has 6 nitrogen and oxygen atoms in total. The van der Waals surface area contributed by atoms with E-state index in [0.717, 1.165) is 27.5 Å². The molecule has 0 saturated heterocycles. The van der Waals surface area contributed by atoms with Crippen LogP contribution in [0.5, 0.6) is 5.75 Å². The summed E-state index contributed by atoms with van der Waals surface area (Å²) in [5.74, 6) is 1.94. The molecule has 1 atom stereocenters. The number of rotatable bonds is 6. The third kappa shape index (κ3) is 3.83. The van der Waals surface area contributed by atoms with Gasteiger partial charge in [-0.3, -0.25) is 0 Å². The maximum absolute atomic E-state index is 5.86. The van der Waals surface area contributed by atoms with Gasteiger partial charge in [0.2, 0.25) is 11.8 Å². The summed E-state index contributed by atoms with van der Waals surface area (Å²) in [6.45, 7) is 6.68. The summed E-state index contributed by atoms with van der Waals surface area (Å²) in [6, 6.07) is 13.9. The maximum atomic E-state index is 5.86. The first-order valence-electron chi connectivity index (χ1n) is 8.82. The molecule has 27 heavy (non-hydrogen) atoms. The Balaban J connectivity index is 1.51. The first kappa shape index (κ1) is 17.6. The van der Waals surface area contributed by atoms with E-state index in [1.54, 1.807) is 11.8 Å². The van der Waals surface area contributed by atoms with E-state index in [1.165, 1.54) is 5.56 Å². The average molecular weight is 380 g/mol. The molecule has 2 aromatic carbocycles. The second-order valence-electron chi connectivity index (χ2n) is 6.23. The fourth-order valence-electron chi connectivity index (χ4n) is 2.71. The number of hydrogen-bond acceptors (Lipinski definition) is 6. The molecule has 0 aliphatic rings. The Bertz CT molecular complexity index is 1060. The largest absolute Gasteiger partial charge is 0.494 e. The molecule has 0 aliphatic carbocycles. The normalized spacial score (nSPS) is 12.4. The number of nitrogens with one attached hydrogen (secondary N) is 1. The summed E-state index contributed by atoms with van der Waals surface area (Å²) < 4.78 is 11.4. The van der Waals surface area contributed by atoms with Crippen LogP contribution in [-0.4, -0.2) is 26.8 Å². The van der Waals surface area contributed by atoms with Crippen LogP contribution >= 0.6 is 11.8 Å². The van der Waals surface area contributed by atoms with Gasteiger partial charge in [-0.1, -0.05) is 29.5 Å². The van der Waals surface area contributed by atoms with Gasteiger partial charge in [0, 0.05) is 11.6 Å². The van der Waals surface area contributed by atoms with E-state index in [2.05, 4.69) is 20.2 Å². The highest BCUT2D eigenvalue weighted by Crippen LogP contribution is 2.35. The van der Waals surface area contributed by atoms with Gasteiger partial charge in [-0.25, -0.2) is 4.98 Å². The number of aryl methyl sites for hydroxylation is 1. The second-order valence-corrected chi connectivity index (χ2v) is 7.55. The highest BCUT2D eigenvalue weighted by Gasteiger charge is 2.18. The lowest BCUT2D eigenvalue weighted by molar-refractivity contribution is 0.340. The van der Waals surface area contributed by atoms with Gasteiger partial charge in [0.1, 0.15) is 5.75 Å². The molecule has 2 heterocycles. The lowest BCUT2D eigenvalue weighted by Gasteiger charge is -2.03. The average Bonchev–Trinajstić information content (AvgIpc) is 3.29. The molecule has 0 aliphatic heterocycles. The first-order valence-corrected chi connectivity index (χ1v) is 9.70. The highest BCUT2D eigenvalue weighted by molar-refractivity contribution is 7.99. The molecule has 7 heteroatoms. The van der Waals surface area contributed by atoms with Crippen LogP contribution in [0.2, 0.25) is 0 Å². The van der Waals surface area contributed by atoms with Crippen molar-refractivity contribution in [1.82, 2.24) is 20.2 Å². The van der Waals surface area contributed by atoms with E-state index in [-0.39, 0.29) is 5.25 Å². The molecule has 1 N–H and O–H groups in total. The van der Waals surface area contributed by atoms with E-state index in [9.17, 15) is 0 Å². The van der Waals surface area contributed by atoms with Crippen LogP contribution in [0.1, 0.15) is 30.6 Å². The Morgan fingerprint density at radius 1 is 1.15 bits per heavy atom. The van der Waals surface area contributed by atoms with E-state index in [4.69, 9.17) is 9.15 Å². The summed E-state index contributed by atoms with van der Waals surface area (Å²) in [5, 5.41) is 9.16. The Morgan fingerprint density at radius 2 is 1.96 bits per heavy atom. The minimum atomic E-state index is -0.0244. The Kier molecular flexibility index (Phi) is 4.85. The highest BCUT2D eigenvalue weighted by atomic mass is 32.2. The number of fused-ring (bicyclic) bond motifs is 1. The predicted molar refractivity (Wildman–Crippen MR) is 106 cm³/mol. The minimum Gasteiger partial charge on any atom is -0.494 e. The van der Waals surface area contributed by atoms with Gasteiger partial charge in [-0.15, -0.1) is 10.2 Å². The zero-order valence-electron chi connectivity index (χ0n) is 15.4. The van der Waals surface area contributed by atoms with Gasteiger partial charge in [0.15, 0.2) is 5.16 Å². The van der Waals surface area contributed by atoms with Gasteiger partial charge < -0.3 is 14.1 Å². The minimum absolute atomic E-state index is 0.0244. The molecule has 0 saturated carbocycles. The molecule has 0 fully saturated rings. The molecule has 4 aromatic rings. The summed E-state index contributed by atoms with van der Waals surface area (Å²) in [4.78, 5) is 7.94. The van der Waals surface area contributed by atoms with Crippen molar-refractivity contribution in [3.8, 4) is 17.2 Å². The number of thioether (sulfide) groups is 1. The van der Waals surface area contributed by atoms with Crippen molar-refractivity contribution in [3.63, 3.8) is 0 Å². The fourth-order valence-corrected chi connectivity index (χ4v) is 3.56. The molecule has 0 amide bonds. The number of benzene rings is 2. The van der Waals surface area contributed by atoms with Gasteiger partial charge in [0.05, 0.1) is 22.9 Å². The van der Waals surface area contributed by atoms with Crippen LogP contribution in [0, 0.1) is 6.92 Å². The number of hydrogen-bond donors (Lipinski definition) is 1. The van der Waals surface area contributed by atoms with E-state index >= 15 is 0 Å². The molecule has 138 valence electrons. The maximum Gasteiger partial charge on any atom is 0.247 e. The summed E-state index contributed by atoms with van der Waals surface area (Å²) in [7, 11) is 0. The van der Waals surface area contributed by atoms with Crippen LogP contribution in [0.3, 0.4) is 0 Å². The standard InChI is InChI=1S/C20H20N4O2S/c1-4-25-15-9-10-16-17(11-15)22-20(21-16)27-13(3)18-23-24-19(26-18)14-7-5-12(2)6-8-14/h5-11,13H,4H2,1-3H3,(H,21,22). The Labute approximate surface area is 161 Å². The number of aromatic amines is 1. The zero-order valence-corrected chi connectivity index (χ0v) is 16.2. The number of nitrogens with zero attached hydrogens (tertiary/aromatic N) is 3. The molecule has 1 unspecified atom stereocenters. The topological polar surface area (TPSA) is 76.8 Å². The third-order valence-electron chi connectivity index (χ3n) is 4.12. The van der Waals surface area contributed by atoms with Crippen LogP contribution in [-0.2, 0) is 0 Å². The summed E-state index contributed by atoms with van der Waals surface area (Å²) in [5.41, 5.74) is 3.96. The smallest absolute Gasteiger partial charge is 0.247 e. The molecule has 0 radical (unpaired) electrons. The van der Waals surface area contributed by atoms with Crippen molar-refractivity contribution in [2.45, 2.75) is 31.2 Å². The number of ether oxygens (including phenoxy) is 1. The fraction of sp³-hybridized carbons (Fsp3) is 0.250. The summed E-state index contributed by atoms with van der Waals surface area (Å²) in [6.07, 6.45) is 0. The van der Waals surface area contributed by atoms with Crippen LogP contribution in [0.25, 0.3) is 22.5 Å². The van der Waals surface area contributed by atoms with Gasteiger partial charge >= 0.3 is 0 Å². The SMILES string of the molecule is CCOc1ccc2nc(SC(C)c3nnc(-c4ccc(C)cc4)o3)[nH]c2c1. The van der Waals surface area contributed by atoms with Crippen molar-refractivity contribution in [2.75, 3.05) is 6.61 Å². The zero-order chi connectivity index (χ0) is 18.8. The first-order chi connectivity index (χ1) is 13.1. The molecule has 0 spiro atoms. The molecule has 2 aromatic heterocycles. The predicted octanol–water partition coefficient (Wildman–Crippen LogP) is 5.17. The van der Waals surface area contributed by atoms with Crippen molar-refractivity contribution in [2.24, 2.45) is 0 Å². The van der Waals surface area contributed by atoms with E-state index < -0.39 is 0 Å². The van der Waals surface area contributed by atoms with Crippen molar-refractivity contribution in [3.05, 3.63) is 53.9 Å². The van der Waals surface area contributed by atoms with Crippen molar-refractivity contribution in [1.29, 1.82) is 0 Å². The van der Waals surface area contributed by atoms with Crippen LogP contribution < -0.4 is 4.74 Å². The quantitative estimate of drug-likeness (QED) is 0.465. The Hall–Kier alpha value is -2.80. The Morgan fingerprint density at radius 3 is 2.74 bits per heavy atom. The van der Waals surface area contributed by atoms with Gasteiger partial charge in [-0.05, 0) is 45.0 Å².